The minimum Gasteiger partial charge on any atom is -0.497 e. The molecule has 0 saturated carbocycles. The molecule has 0 aliphatic carbocycles. The van der Waals surface area contributed by atoms with Crippen LogP contribution in [-0.2, 0) is 14.6 Å². The number of hydrogen-bond donors (Lipinski definition) is 1. The average molecular weight is 373 g/mol. The molecule has 138 valence electrons. The number of amides is 1. The van der Waals surface area contributed by atoms with Crippen LogP contribution in [0, 0.1) is 5.92 Å². The number of nitrogens with one attached hydrogen (secondary N) is 1. The summed E-state index contributed by atoms with van der Waals surface area (Å²) in [5.41, 5.74) is 1.93. The van der Waals surface area contributed by atoms with Crippen LogP contribution in [-0.4, -0.2) is 32.9 Å². The first-order valence-corrected chi connectivity index (χ1v) is 10.5. The number of sulfone groups is 1. The second-order valence-electron chi connectivity index (χ2n) is 6.66. The molecule has 6 heteroatoms. The van der Waals surface area contributed by atoms with Crippen LogP contribution < -0.4 is 10.1 Å². The summed E-state index contributed by atoms with van der Waals surface area (Å²) in [7, 11) is -1.36. The second-order valence-corrected chi connectivity index (χ2v) is 8.89. The van der Waals surface area contributed by atoms with Crippen molar-refractivity contribution in [2.24, 2.45) is 5.92 Å². The molecule has 0 radical (unpaired) electrons. The van der Waals surface area contributed by atoms with Crippen molar-refractivity contribution in [3.05, 3.63) is 65.7 Å². The molecule has 1 amide bonds. The van der Waals surface area contributed by atoms with Crippen LogP contribution in [0.2, 0.25) is 0 Å². The lowest BCUT2D eigenvalue weighted by molar-refractivity contribution is -0.122. The fourth-order valence-electron chi connectivity index (χ4n) is 3.32. The zero-order chi connectivity index (χ0) is 18.6. The summed E-state index contributed by atoms with van der Waals surface area (Å²) in [6.45, 7) is 0. The van der Waals surface area contributed by atoms with E-state index in [1.54, 1.807) is 7.11 Å². The maximum Gasteiger partial charge on any atom is 0.221 e. The van der Waals surface area contributed by atoms with Crippen LogP contribution >= 0.6 is 0 Å². The molecular formula is C20H23NO4S. The summed E-state index contributed by atoms with van der Waals surface area (Å²) in [6.07, 6.45) is 0.799. The van der Waals surface area contributed by atoms with Gasteiger partial charge in [-0.2, -0.15) is 0 Å². The fourth-order valence-corrected chi connectivity index (χ4v) is 5.18. The molecule has 0 aromatic heterocycles. The van der Waals surface area contributed by atoms with E-state index in [-0.39, 0.29) is 35.8 Å². The Morgan fingerprint density at radius 2 is 1.77 bits per heavy atom. The van der Waals surface area contributed by atoms with E-state index in [9.17, 15) is 13.2 Å². The Morgan fingerprint density at radius 1 is 1.12 bits per heavy atom. The Hall–Kier alpha value is -2.34. The van der Waals surface area contributed by atoms with Gasteiger partial charge in [0.25, 0.3) is 0 Å². The molecule has 1 aliphatic heterocycles. The lowest BCUT2D eigenvalue weighted by Gasteiger charge is -2.21. The number of benzene rings is 2. The minimum atomic E-state index is -2.98. The Morgan fingerprint density at radius 3 is 2.35 bits per heavy atom. The van der Waals surface area contributed by atoms with Gasteiger partial charge in [-0.3, -0.25) is 4.79 Å². The van der Waals surface area contributed by atoms with Crippen LogP contribution in [0.4, 0.5) is 0 Å². The molecule has 1 fully saturated rings. The number of carbonyl (C=O) groups excluding carboxylic acids is 1. The number of ether oxygens (including phenoxy) is 1. The molecule has 1 saturated heterocycles. The average Bonchev–Trinajstić information content (AvgIpc) is 2.99. The van der Waals surface area contributed by atoms with E-state index in [2.05, 4.69) is 5.32 Å². The SMILES string of the molecule is COc1ccc(C(NC(=O)CC2CCS(=O)(=O)C2)c2ccccc2)cc1. The summed E-state index contributed by atoms with van der Waals surface area (Å²) in [5.74, 6) is 0.830. The van der Waals surface area contributed by atoms with Gasteiger partial charge in [0.05, 0.1) is 24.7 Å². The first-order valence-electron chi connectivity index (χ1n) is 8.65. The molecule has 2 atom stereocenters. The van der Waals surface area contributed by atoms with E-state index in [4.69, 9.17) is 4.74 Å². The van der Waals surface area contributed by atoms with Gasteiger partial charge in [-0.05, 0) is 35.6 Å². The normalized spacial score (nSPS) is 19.7. The van der Waals surface area contributed by atoms with Gasteiger partial charge in [0.15, 0.2) is 9.84 Å². The quantitative estimate of drug-likeness (QED) is 0.845. The van der Waals surface area contributed by atoms with Gasteiger partial charge in [-0.15, -0.1) is 0 Å². The Bertz CT molecular complexity index is 847. The molecule has 26 heavy (non-hydrogen) atoms. The predicted octanol–water partition coefficient (Wildman–Crippen LogP) is 2.73. The smallest absolute Gasteiger partial charge is 0.221 e. The van der Waals surface area contributed by atoms with Crippen LogP contribution in [0.3, 0.4) is 0 Å². The summed E-state index contributed by atoms with van der Waals surface area (Å²) < 4.78 is 28.4. The summed E-state index contributed by atoms with van der Waals surface area (Å²) >= 11 is 0. The fraction of sp³-hybridized carbons (Fsp3) is 0.350. The zero-order valence-electron chi connectivity index (χ0n) is 14.7. The molecule has 5 nitrogen and oxygen atoms in total. The highest BCUT2D eigenvalue weighted by atomic mass is 32.2. The first-order chi connectivity index (χ1) is 12.5. The van der Waals surface area contributed by atoms with Crippen molar-refractivity contribution in [2.45, 2.75) is 18.9 Å². The van der Waals surface area contributed by atoms with Crippen LogP contribution in [0.5, 0.6) is 5.75 Å². The minimum absolute atomic E-state index is 0.0905. The third kappa shape index (κ3) is 4.64. The lowest BCUT2D eigenvalue weighted by Crippen LogP contribution is -2.31. The highest BCUT2D eigenvalue weighted by molar-refractivity contribution is 7.91. The second kappa shape index (κ2) is 7.91. The molecule has 2 aromatic rings. The van der Waals surface area contributed by atoms with E-state index < -0.39 is 9.84 Å². The van der Waals surface area contributed by atoms with E-state index in [0.717, 1.165) is 16.9 Å². The van der Waals surface area contributed by atoms with Crippen molar-refractivity contribution in [3.8, 4) is 5.75 Å². The summed E-state index contributed by atoms with van der Waals surface area (Å²) in [4.78, 5) is 12.6. The molecule has 2 aromatic carbocycles. The largest absolute Gasteiger partial charge is 0.497 e. The monoisotopic (exact) mass is 373 g/mol. The van der Waals surface area contributed by atoms with Gasteiger partial charge in [0, 0.05) is 6.42 Å². The van der Waals surface area contributed by atoms with Crippen molar-refractivity contribution in [3.63, 3.8) is 0 Å². The predicted molar refractivity (Wildman–Crippen MR) is 101 cm³/mol. The van der Waals surface area contributed by atoms with Gasteiger partial charge < -0.3 is 10.1 Å². The van der Waals surface area contributed by atoms with Crippen LogP contribution in [0.25, 0.3) is 0 Å². The van der Waals surface area contributed by atoms with E-state index in [1.165, 1.54) is 0 Å². The number of rotatable bonds is 6. The van der Waals surface area contributed by atoms with Gasteiger partial charge in [-0.1, -0.05) is 42.5 Å². The molecular weight excluding hydrogens is 350 g/mol. The first kappa shape index (κ1) is 18.5. The maximum atomic E-state index is 12.6. The Kier molecular flexibility index (Phi) is 5.61. The lowest BCUT2D eigenvalue weighted by atomic mass is 9.97. The molecule has 1 N–H and O–H groups in total. The van der Waals surface area contributed by atoms with Crippen LogP contribution in [0.1, 0.15) is 30.0 Å². The van der Waals surface area contributed by atoms with Gasteiger partial charge >= 0.3 is 0 Å². The zero-order valence-corrected chi connectivity index (χ0v) is 15.5. The Balaban J connectivity index is 1.76. The molecule has 1 heterocycles. The summed E-state index contributed by atoms with van der Waals surface area (Å²) in [6, 6.07) is 17.0. The van der Waals surface area contributed by atoms with Crippen molar-refractivity contribution < 1.29 is 17.9 Å². The molecule has 0 bridgehead atoms. The highest BCUT2D eigenvalue weighted by Gasteiger charge is 2.30. The topological polar surface area (TPSA) is 72.5 Å². The number of methoxy groups -OCH3 is 1. The van der Waals surface area contributed by atoms with Crippen molar-refractivity contribution in [1.29, 1.82) is 0 Å². The van der Waals surface area contributed by atoms with Crippen molar-refractivity contribution >= 4 is 15.7 Å². The van der Waals surface area contributed by atoms with Crippen molar-refractivity contribution in [1.82, 2.24) is 5.32 Å². The van der Waals surface area contributed by atoms with Gasteiger partial charge in [0.2, 0.25) is 5.91 Å². The molecule has 1 aliphatic rings. The maximum absolute atomic E-state index is 12.6. The van der Waals surface area contributed by atoms with Crippen LogP contribution in [0.15, 0.2) is 54.6 Å². The molecule has 3 rings (SSSR count). The van der Waals surface area contributed by atoms with Gasteiger partial charge in [-0.25, -0.2) is 8.42 Å². The molecule has 0 spiro atoms. The molecule has 2 unspecified atom stereocenters. The third-order valence-corrected chi connectivity index (χ3v) is 6.53. The van der Waals surface area contributed by atoms with Crippen molar-refractivity contribution in [2.75, 3.05) is 18.6 Å². The third-order valence-electron chi connectivity index (χ3n) is 4.69. The number of carbonyl (C=O) groups is 1. The van der Waals surface area contributed by atoms with E-state index in [0.29, 0.717) is 6.42 Å². The van der Waals surface area contributed by atoms with E-state index in [1.807, 2.05) is 54.6 Å². The van der Waals surface area contributed by atoms with Gasteiger partial charge in [0.1, 0.15) is 5.75 Å². The van der Waals surface area contributed by atoms with E-state index >= 15 is 0 Å². The highest BCUT2D eigenvalue weighted by Crippen LogP contribution is 2.26. The Labute approximate surface area is 154 Å². The standard InChI is InChI=1S/C20H23NO4S/c1-25-18-9-7-17(8-10-18)20(16-5-3-2-4-6-16)21-19(22)13-15-11-12-26(23,24)14-15/h2-10,15,20H,11-14H2,1H3,(H,21,22). The number of hydrogen-bond acceptors (Lipinski definition) is 4. The summed E-state index contributed by atoms with van der Waals surface area (Å²) in [5, 5.41) is 3.07.